The molecule has 1 aliphatic heterocycles. The van der Waals surface area contributed by atoms with Crippen molar-refractivity contribution >= 4 is 57.3 Å². The number of halogens is 1. The van der Waals surface area contributed by atoms with E-state index in [9.17, 15) is 9.59 Å². The van der Waals surface area contributed by atoms with Crippen molar-refractivity contribution < 1.29 is 14.3 Å². The summed E-state index contributed by atoms with van der Waals surface area (Å²) in [6, 6.07) is 7.26. The first-order valence-corrected chi connectivity index (χ1v) is 11.5. The number of amides is 1. The van der Waals surface area contributed by atoms with Crippen molar-refractivity contribution in [3.63, 3.8) is 0 Å². The lowest BCUT2D eigenvalue weighted by Gasteiger charge is -2.18. The van der Waals surface area contributed by atoms with Gasteiger partial charge in [0.25, 0.3) is 5.91 Å². The first kappa shape index (κ1) is 22.9. The summed E-state index contributed by atoms with van der Waals surface area (Å²) in [5.41, 5.74) is 1.46. The molecule has 4 rings (SSSR count). The monoisotopic (exact) mass is 486 g/mol. The summed E-state index contributed by atoms with van der Waals surface area (Å²) in [6.45, 7) is 6.42. The molecule has 0 radical (unpaired) electrons. The van der Waals surface area contributed by atoms with Gasteiger partial charge in [-0.1, -0.05) is 35.1 Å². The lowest BCUT2D eigenvalue weighted by atomic mass is 10.2. The zero-order valence-corrected chi connectivity index (χ0v) is 20.0. The lowest BCUT2D eigenvalue weighted by Crippen LogP contribution is -2.25. The summed E-state index contributed by atoms with van der Waals surface area (Å²) in [4.78, 5) is 39.6. The Hall–Kier alpha value is -3.24. The molecular weight excluding hydrogens is 464 g/mol. The van der Waals surface area contributed by atoms with Crippen LogP contribution in [0.3, 0.4) is 0 Å². The number of nitrogens with zero attached hydrogens (tertiary/aromatic N) is 4. The van der Waals surface area contributed by atoms with Crippen LogP contribution in [0.5, 0.6) is 0 Å². The maximum Gasteiger partial charge on any atom is 0.302 e. The molecule has 3 aromatic rings. The normalized spacial score (nSPS) is 15.4. The van der Waals surface area contributed by atoms with Crippen LogP contribution in [0.15, 0.2) is 30.5 Å². The van der Waals surface area contributed by atoms with E-state index in [1.165, 1.54) is 24.5 Å². The van der Waals surface area contributed by atoms with E-state index < -0.39 is 0 Å². The predicted octanol–water partition coefficient (Wildman–Crippen LogP) is 4.34. The Morgan fingerprint density at radius 2 is 2.09 bits per heavy atom. The molecule has 1 saturated heterocycles. The van der Waals surface area contributed by atoms with Crippen molar-refractivity contribution in [3.8, 4) is 0 Å². The molecule has 0 saturated carbocycles. The van der Waals surface area contributed by atoms with Gasteiger partial charge in [0.05, 0.1) is 23.5 Å². The first-order chi connectivity index (χ1) is 15.8. The van der Waals surface area contributed by atoms with Gasteiger partial charge in [-0.25, -0.2) is 15.0 Å². The Morgan fingerprint density at radius 3 is 2.85 bits per heavy atom. The third-order valence-electron chi connectivity index (χ3n) is 5.05. The van der Waals surface area contributed by atoms with E-state index in [1.54, 1.807) is 13.0 Å². The topological polar surface area (TPSA) is 109 Å². The second kappa shape index (κ2) is 9.72. The molecule has 1 fully saturated rings. The minimum absolute atomic E-state index is 0.143. The van der Waals surface area contributed by atoms with Crippen LogP contribution in [0.2, 0.25) is 5.02 Å². The highest BCUT2D eigenvalue weighted by Crippen LogP contribution is 2.29. The number of nitrogens with one attached hydrogen (secondary N) is 2. The molecule has 172 valence electrons. The van der Waals surface area contributed by atoms with Gasteiger partial charge in [-0.3, -0.25) is 9.59 Å². The van der Waals surface area contributed by atoms with Gasteiger partial charge in [0.2, 0.25) is 0 Å². The Balaban J connectivity index is 1.45. The SMILES string of the molecule is CC(=O)OC1CCN(c2cc(Nc3ncc(C(=O)Nc4c(C)cccc4Cl)s3)nc(C)n2)C1. The van der Waals surface area contributed by atoms with E-state index in [-0.39, 0.29) is 18.0 Å². The van der Waals surface area contributed by atoms with Gasteiger partial charge in [0, 0.05) is 26.0 Å². The largest absolute Gasteiger partial charge is 0.461 e. The number of hydrogen-bond acceptors (Lipinski definition) is 9. The number of aromatic nitrogens is 3. The highest BCUT2D eigenvalue weighted by Gasteiger charge is 2.26. The third-order valence-corrected chi connectivity index (χ3v) is 6.28. The highest BCUT2D eigenvalue weighted by molar-refractivity contribution is 7.17. The summed E-state index contributed by atoms with van der Waals surface area (Å²) in [5.74, 6) is 1.33. The molecule has 2 aromatic heterocycles. The summed E-state index contributed by atoms with van der Waals surface area (Å²) in [5, 5.41) is 7.01. The molecule has 3 heterocycles. The minimum atomic E-state index is -0.287. The second-order valence-corrected chi connectivity index (χ2v) is 9.10. The molecule has 0 aliphatic carbocycles. The van der Waals surface area contributed by atoms with Gasteiger partial charge in [-0.15, -0.1) is 0 Å². The van der Waals surface area contributed by atoms with Crippen LogP contribution >= 0.6 is 22.9 Å². The van der Waals surface area contributed by atoms with Crippen molar-refractivity contribution in [3.05, 3.63) is 51.7 Å². The number of anilines is 4. The summed E-state index contributed by atoms with van der Waals surface area (Å²) < 4.78 is 5.31. The molecule has 33 heavy (non-hydrogen) atoms. The average Bonchev–Trinajstić information content (AvgIpc) is 3.40. The lowest BCUT2D eigenvalue weighted by molar-refractivity contribution is -0.145. The summed E-state index contributed by atoms with van der Waals surface area (Å²) in [6.07, 6.45) is 2.12. The fourth-order valence-electron chi connectivity index (χ4n) is 3.56. The number of hydrogen-bond donors (Lipinski definition) is 2. The zero-order valence-electron chi connectivity index (χ0n) is 18.4. The maximum absolute atomic E-state index is 12.7. The van der Waals surface area contributed by atoms with Crippen molar-refractivity contribution in [1.29, 1.82) is 0 Å². The smallest absolute Gasteiger partial charge is 0.302 e. The minimum Gasteiger partial charge on any atom is -0.461 e. The first-order valence-electron chi connectivity index (χ1n) is 10.4. The van der Waals surface area contributed by atoms with Crippen LogP contribution in [0.4, 0.5) is 22.5 Å². The zero-order chi connectivity index (χ0) is 23.5. The molecule has 9 nitrogen and oxygen atoms in total. The Morgan fingerprint density at radius 1 is 1.27 bits per heavy atom. The highest BCUT2D eigenvalue weighted by atomic mass is 35.5. The number of carbonyl (C=O) groups is 2. The summed E-state index contributed by atoms with van der Waals surface area (Å²) >= 11 is 7.42. The standard InChI is InChI=1S/C22H23ClN6O3S/c1-12-5-4-6-16(23)20(12)28-21(31)17-10-24-22(33-17)27-18-9-19(26-13(2)25-18)29-8-7-15(11-29)32-14(3)30/h4-6,9-10,15H,7-8,11H2,1-3H3,(H,28,31)(H,24,25,26,27). The van der Waals surface area contributed by atoms with E-state index in [1.807, 2.05) is 25.1 Å². The van der Waals surface area contributed by atoms with E-state index in [2.05, 4.69) is 30.5 Å². The van der Waals surface area contributed by atoms with Gasteiger partial charge in [-0.05, 0) is 25.5 Å². The number of aryl methyl sites for hydroxylation is 2. The van der Waals surface area contributed by atoms with E-state index in [4.69, 9.17) is 16.3 Å². The average molecular weight is 487 g/mol. The molecule has 1 aromatic carbocycles. The molecule has 1 aliphatic rings. The molecule has 0 bridgehead atoms. The van der Waals surface area contributed by atoms with Gasteiger partial charge in [0.1, 0.15) is 28.4 Å². The predicted molar refractivity (Wildman–Crippen MR) is 129 cm³/mol. The van der Waals surface area contributed by atoms with E-state index >= 15 is 0 Å². The van der Waals surface area contributed by atoms with Crippen molar-refractivity contribution in [2.75, 3.05) is 28.6 Å². The number of rotatable bonds is 6. The van der Waals surface area contributed by atoms with Crippen LogP contribution in [-0.4, -0.2) is 46.0 Å². The molecule has 2 N–H and O–H groups in total. The van der Waals surface area contributed by atoms with Gasteiger partial charge in [-0.2, -0.15) is 0 Å². The van der Waals surface area contributed by atoms with Crippen molar-refractivity contribution in [2.45, 2.75) is 33.3 Å². The van der Waals surface area contributed by atoms with Gasteiger partial charge >= 0.3 is 5.97 Å². The number of esters is 1. The Labute approximate surface area is 200 Å². The molecule has 1 amide bonds. The number of carbonyl (C=O) groups excluding carboxylic acids is 2. The van der Waals surface area contributed by atoms with Crippen LogP contribution in [0.1, 0.15) is 34.4 Å². The van der Waals surface area contributed by atoms with Crippen molar-refractivity contribution in [2.24, 2.45) is 0 Å². The second-order valence-electron chi connectivity index (χ2n) is 7.67. The molecule has 0 spiro atoms. The molecule has 1 unspecified atom stereocenters. The van der Waals surface area contributed by atoms with Crippen LogP contribution in [-0.2, 0) is 9.53 Å². The number of para-hydroxylation sites is 1. The van der Waals surface area contributed by atoms with Crippen molar-refractivity contribution in [1.82, 2.24) is 15.0 Å². The maximum atomic E-state index is 12.7. The third kappa shape index (κ3) is 5.58. The van der Waals surface area contributed by atoms with E-state index in [0.717, 1.165) is 24.3 Å². The Kier molecular flexibility index (Phi) is 6.75. The quantitative estimate of drug-likeness (QED) is 0.495. The van der Waals surface area contributed by atoms with Crippen LogP contribution in [0.25, 0.3) is 0 Å². The van der Waals surface area contributed by atoms with Gasteiger partial charge < -0.3 is 20.3 Å². The van der Waals surface area contributed by atoms with Crippen LogP contribution in [0, 0.1) is 13.8 Å². The number of thiazole rings is 1. The van der Waals surface area contributed by atoms with Crippen LogP contribution < -0.4 is 15.5 Å². The number of benzene rings is 1. The molecule has 1 atom stereocenters. The van der Waals surface area contributed by atoms with E-state index in [0.29, 0.717) is 38.9 Å². The fraction of sp³-hybridized carbons (Fsp3) is 0.318. The van der Waals surface area contributed by atoms with Gasteiger partial charge in [0.15, 0.2) is 5.13 Å². The summed E-state index contributed by atoms with van der Waals surface area (Å²) in [7, 11) is 0. The fourth-order valence-corrected chi connectivity index (χ4v) is 4.54. The molecular formula is C22H23ClN6O3S. The Bertz CT molecular complexity index is 1180. The molecule has 11 heteroatoms. The number of ether oxygens (including phenoxy) is 1.